The maximum Gasteiger partial charge on any atom is 0.244 e. The first kappa shape index (κ1) is 24.1. The number of hydrogen-bond acceptors (Lipinski definition) is 7. The quantitative estimate of drug-likeness (QED) is 0.343. The maximum absolute atomic E-state index is 13.5. The topological polar surface area (TPSA) is 111 Å². The molecule has 0 aromatic heterocycles. The summed E-state index contributed by atoms with van der Waals surface area (Å²) in [6.07, 6.45) is -0.491. The normalized spacial score (nSPS) is 12.0. The molecule has 174 valence electrons. The van der Waals surface area contributed by atoms with E-state index < -0.39 is 27.4 Å². The van der Waals surface area contributed by atoms with Crippen LogP contribution in [0, 0.1) is 0 Å². The summed E-state index contributed by atoms with van der Waals surface area (Å²) in [6.45, 7) is 0.300. The number of benzene rings is 3. The highest BCUT2D eigenvalue weighted by Crippen LogP contribution is 2.37. The molecule has 0 fully saturated rings. The molecule has 3 aromatic carbocycles. The Bertz CT molecular complexity index is 1200. The minimum atomic E-state index is -4.06. The molecule has 33 heavy (non-hydrogen) atoms. The summed E-state index contributed by atoms with van der Waals surface area (Å²) in [6, 6.07) is 20.3. The van der Waals surface area contributed by atoms with E-state index in [1.165, 1.54) is 37.9 Å². The summed E-state index contributed by atoms with van der Waals surface area (Å²) < 4.78 is 43.3. The molecule has 1 atom stereocenters. The predicted molar refractivity (Wildman–Crippen MR) is 121 cm³/mol. The second-order valence-electron chi connectivity index (χ2n) is 7.14. The highest BCUT2D eigenvalue weighted by molar-refractivity contribution is 7.91. The van der Waals surface area contributed by atoms with E-state index in [1.807, 2.05) is 30.3 Å². The molecular weight excluding hydrogens is 446 g/mol. The number of hydroxylamine groups is 1. The number of ether oxygens (including phenoxy) is 3. The summed E-state index contributed by atoms with van der Waals surface area (Å²) in [7, 11) is -1.22. The molecule has 0 aliphatic heterocycles. The number of rotatable bonds is 10. The van der Waals surface area contributed by atoms with Gasteiger partial charge in [0.1, 0.15) is 12.4 Å². The van der Waals surface area contributed by atoms with Crippen molar-refractivity contribution in [3.63, 3.8) is 0 Å². The Morgan fingerprint density at radius 2 is 1.67 bits per heavy atom. The van der Waals surface area contributed by atoms with E-state index in [1.54, 1.807) is 24.3 Å². The largest absolute Gasteiger partial charge is 0.493 e. The van der Waals surface area contributed by atoms with Crippen molar-refractivity contribution in [1.82, 2.24) is 5.48 Å². The molecular formula is C24H25NO7S. The van der Waals surface area contributed by atoms with Gasteiger partial charge in [0, 0.05) is 12.5 Å². The number of hydrogen-bond donors (Lipinski definition) is 2. The molecule has 0 aliphatic rings. The lowest BCUT2D eigenvalue weighted by Gasteiger charge is -2.19. The Morgan fingerprint density at radius 3 is 2.33 bits per heavy atom. The van der Waals surface area contributed by atoms with E-state index in [9.17, 15) is 13.2 Å². The number of sulfone groups is 1. The van der Waals surface area contributed by atoms with E-state index in [-0.39, 0.29) is 10.6 Å². The van der Waals surface area contributed by atoms with Crippen LogP contribution in [-0.2, 0) is 21.2 Å². The van der Waals surface area contributed by atoms with E-state index in [0.717, 1.165) is 5.56 Å². The molecule has 0 heterocycles. The van der Waals surface area contributed by atoms with E-state index >= 15 is 0 Å². The minimum Gasteiger partial charge on any atom is -0.493 e. The van der Waals surface area contributed by atoms with Crippen molar-refractivity contribution in [3.8, 4) is 17.2 Å². The zero-order chi connectivity index (χ0) is 23.8. The number of carbonyl (C=O) groups is 1. The van der Waals surface area contributed by atoms with Crippen molar-refractivity contribution >= 4 is 15.7 Å². The van der Waals surface area contributed by atoms with Gasteiger partial charge in [-0.15, -0.1) is 0 Å². The first-order valence-electron chi connectivity index (χ1n) is 10.0. The molecule has 0 spiro atoms. The van der Waals surface area contributed by atoms with Gasteiger partial charge in [-0.05, 0) is 35.4 Å². The molecule has 0 radical (unpaired) electrons. The van der Waals surface area contributed by atoms with Gasteiger partial charge in [0.2, 0.25) is 5.91 Å². The van der Waals surface area contributed by atoms with Crippen molar-refractivity contribution in [1.29, 1.82) is 0 Å². The van der Waals surface area contributed by atoms with Gasteiger partial charge in [-0.25, -0.2) is 13.9 Å². The van der Waals surface area contributed by atoms with Gasteiger partial charge < -0.3 is 14.2 Å². The smallest absolute Gasteiger partial charge is 0.244 e. The second-order valence-corrected chi connectivity index (χ2v) is 9.27. The van der Waals surface area contributed by atoms with Crippen molar-refractivity contribution in [2.45, 2.75) is 23.2 Å². The first-order chi connectivity index (χ1) is 15.9. The molecule has 2 N–H and O–H groups in total. The fraction of sp³-hybridized carbons (Fsp3) is 0.208. The monoisotopic (exact) mass is 471 g/mol. The Balaban J connectivity index is 1.96. The lowest BCUT2D eigenvalue weighted by atomic mass is 10.1. The average molecular weight is 472 g/mol. The van der Waals surface area contributed by atoms with Crippen LogP contribution in [0.2, 0.25) is 0 Å². The maximum atomic E-state index is 13.5. The van der Waals surface area contributed by atoms with Crippen molar-refractivity contribution in [2.75, 3.05) is 14.2 Å². The molecule has 9 heteroatoms. The van der Waals surface area contributed by atoms with Gasteiger partial charge in [-0.1, -0.05) is 42.5 Å². The number of methoxy groups -OCH3 is 2. The van der Waals surface area contributed by atoms with Crippen LogP contribution in [0.5, 0.6) is 17.2 Å². The van der Waals surface area contributed by atoms with Gasteiger partial charge in [0.15, 0.2) is 21.3 Å². The number of carbonyl (C=O) groups excluding carboxylic acids is 1. The van der Waals surface area contributed by atoms with Gasteiger partial charge in [0.05, 0.1) is 24.4 Å². The van der Waals surface area contributed by atoms with Gasteiger partial charge in [-0.2, -0.15) is 0 Å². The van der Waals surface area contributed by atoms with Crippen LogP contribution in [0.3, 0.4) is 0 Å². The third kappa shape index (κ3) is 5.82. The number of amides is 1. The molecule has 1 unspecified atom stereocenters. The van der Waals surface area contributed by atoms with Gasteiger partial charge in [0.25, 0.3) is 0 Å². The summed E-state index contributed by atoms with van der Waals surface area (Å²) in [4.78, 5) is 11.9. The average Bonchev–Trinajstić information content (AvgIpc) is 2.86. The molecule has 8 nitrogen and oxygen atoms in total. The van der Waals surface area contributed by atoms with Crippen molar-refractivity contribution in [3.05, 3.63) is 83.9 Å². The predicted octanol–water partition coefficient (Wildman–Crippen LogP) is 3.69. The minimum absolute atomic E-state index is 0.0495. The first-order valence-corrected chi connectivity index (χ1v) is 11.6. The summed E-state index contributed by atoms with van der Waals surface area (Å²) in [5, 5.41) is 7.75. The Kier molecular flexibility index (Phi) is 7.92. The molecule has 0 saturated carbocycles. The Hall–Kier alpha value is -3.56. The Labute approximate surface area is 192 Å². The van der Waals surface area contributed by atoms with Crippen LogP contribution >= 0.6 is 0 Å². The zero-order valence-electron chi connectivity index (χ0n) is 18.2. The zero-order valence-corrected chi connectivity index (χ0v) is 19.0. The van der Waals surface area contributed by atoms with Crippen LogP contribution in [0.4, 0.5) is 0 Å². The molecule has 0 aliphatic carbocycles. The summed E-state index contributed by atoms with van der Waals surface area (Å²) in [5.74, 6) is 0.231. The Morgan fingerprint density at radius 1 is 0.939 bits per heavy atom. The van der Waals surface area contributed by atoms with Crippen LogP contribution in [0.25, 0.3) is 0 Å². The van der Waals surface area contributed by atoms with E-state index in [2.05, 4.69) is 0 Å². The summed E-state index contributed by atoms with van der Waals surface area (Å²) >= 11 is 0. The molecule has 3 aromatic rings. The second kappa shape index (κ2) is 10.8. The van der Waals surface area contributed by atoms with Gasteiger partial charge in [-0.3, -0.25) is 10.0 Å². The van der Waals surface area contributed by atoms with Crippen molar-refractivity contribution in [2.24, 2.45) is 0 Å². The lowest BCUT2D eigenvalue weighted by Crippen LogP contribution is -2.25. The van der Waals surface area contributed by atoms with E-state index in [4.69, 9.17) is 19.4 Å². The van der Waals surface area contributed by atoms with Crippen LogP contribution in [0.1, 0.15) is 22.8 Å². The SMILES string of the molecule is COc1ccc(S(=O)(=O)C(CC(=O)NO)c2cccc(OCc3ccccc3)c2)cc1OC. The van der Waals surface area contributed by atoms with Crippen LogP contribution < -0.4 is 19.7 Å². The lowest BCUT2D eigenvalue weighted by molar-refractivity contribution is -0.129. The van der Waals surface area contributed by atoms with Crippen molar-refractivity contribution < 1.29 is 32.6 Å². The highest BCUT2D eigenvalue weighted by Gasteiger charge is 2.32. The van der Waals surface area contributed by atoms with E-state index in [0.29, 0.717) is 23.7 Å². The highest BCUT2D eigenvalue weighted by atomic mass is 32.2. The van der Waals surface area contributed by atoms with Crippen LogP contribution in [0.15, 0.2) is 77.7 Å². The number of nitrogens with one attached hydrogen (secondary N) is 1. The third-order valence-corrected chi connectivity index (χ3v) is 7.13. The fourth-order valence-corrected chi connectivity index (χ4v) is 5.06. The molecule has 3 rings (SSSR count). The standard InChI is InChI=1S/C24H25NO7S/c1-30-21-12-11-20(14-22(21)31-2)33(28,29)23(15-24(26)25-27)18-9-6-10-19(13-18)32-16-17-7-4-3-5-8-17/h3-14,23,27H,15-16H2,1-2H3,(H,25,26). The van der Waals surface area contributed by atoms with Gasteiger partial charge >= 0.3 is 0 Å². The molecule has 0 bridgehead atoms. The summed E-state index contributed by atoms with van der Waals surface area (Å²) in [5.41, 5.74) is 2.81. The fourth-order valence-electron chi connectivity index (χ4n) is 3.32. The van der Waals surface area contributed by atoms with Crippen LogP contribution in [-0.4, -0.2) is 33.8 Å². The molecule has 0 saturated heterocycles. The molecule has 1 amide bonds. The third-order valence-electron chi connectivity index (χ3n) is 5.03.